The van der Waals surface area contributed by atoms with E-state index < -0.39 is 23.7 Å². The zero-order valence-electron chi connectivity index (χ0n) is 16.9. The summed E-state index contributed by atoms with van der Waals surface area (Å²) in [4.78, 5) is 39.2. The highest BCUT2D eigenvalue weighted by Crippen LogP contribution is 2.32. The van der Waals surface area contributed by atoms with Gasteiger partial charge in [-0.05, 0) is 38.8 Å². The highest BCUT2D eigenvalue weighted by atomic mass is 16.6. The maximum Gasteiger partial charge on any atom is 0.329 e. The lowest BCUT2D eigenvalue weighted by atomic mass is 10.1. The first-order chi connectivity index (χ1) is 12.6. The molecular formula is C21H30N2O4. The number of fused-ring (bicyclic) bond motifs is 1. The van der Waals surface area contributed by atoms with Crippen LogP contribution >= 0.6 is 0 Å². The van der Waals surface area contributed by atoms with Crippen molar-refractivity contribution >= 4 is 23.5 Å². The van der Waals surface area contributed by atoms with Crippen LogP contribution in [0.15, 0.2) is 24.3 Å². The monoisotopic (exact) mass is 374 g/mol. The maximum atomic E-state index is 13.0. The lowest BCUT2D eigenvalue weighted by Gasteiger charge is -2.27. The molecule has 1 N–H and O–H groups in total. The Kier molecular flexibility index (Phi) is 6.63. The minimum atomic E-state index is -0.714. The molecular weight excluding hydrogens is 344 g/mol. The number of benzene rings is 1. The first kappa shape index (κ1) is 20.9. The van der Waals surface area contributed by atoms with Crippen LogP contribution in [0.4, 0.5) is 5.69 Å². The minimum Gasteiger partial charge on any atom is -0.458 e. The molecule has 6 heteroatoms. The molecule has 1 aliphatic rings. The lowest BCUT2D eigenvalue weighted by Crippen LogP contribution is -2.52. The highest BCUT2D eigenvalue weighted by molar-refractivity contribution is 6.03. The predicted octanol–water partition coefficient (Wildman–Crippen LogP) is 2.98. The van der Waals surface area contributed by atoms with Crippen molar-refractivity contribution < 1.29 is 19.1 Å². The number of nitrogens with zero attached hydrogens (tertiary/aromatic N) is 1. The van der Waals surface area contributed by atoms with E-state index in [0.29, 0.717) is 12.8 Å². The minimum absolute atomic E-state index is 0.192. The average Bonchev–Trinajstić information content (AvgIpc) is 2.96. The van der Waals surface area contributed by atoms with Crippen LogP contribution in [0.1, 0.15) is 59.4 Å². The molecule has 0 saturated carbocycles. The van der Waals surface area contributed by atoms with E-state index in [1.807, 2.05) is 31.2 Å². The van der Waals surface area contributed by atoms with Gasteiger partial charge in [-0.3, -0.25) is 14.5 Å². The largest absolute Gasteiger partial charge is 0.458 e. The Morgan fingerprint density at radius 3 is 2.52 bits per heavy atom. The van der Waals surface area contributed by atoms with E-state index in [1.165, 1.54) is 11.8 Å². The van der Waals surface area contributed by atoms with Crippen molar-refractivity contribution in [3.63, 3.8) is 0 Å². The Bertz CT molecular complexity index is 708. The highest BCUT2D eigenvalue weighted by Gasteiger charge is 2.38. The Labute approximate surface area is 161 Å². The summed E-state index contributed by atoms with van der Waals surface area (Å²) < 4.78 is 5.46. The Morgan fingerprint density at radius 2 is 1.93 bits per heavy atom. The van der Waals surface area contributed by atoms with Gasteiger partial charge in [-0.2, -0.15) is 0 Å². The standard InChI is InChI=1S/C21H30N2O4/c1-6-7-11-16(20(26)27-21(3,4)5)22-19(25)18-13-15-10-8-9-12-17(15)23(18)14(2)24/h8-10,12,16,18H,6-7,11,13H2,1-5H3,(H,22,25)/t16-,18-/m0/s1. The number of hydrogen-bond donors (Lipinski definition) is 1. The maximum absolute atomic E-state index is 13.0. The van der Waals surface area contributed by atoms with Crippen LogP contribution in [0, 0.1) is 0 Å². The number of anilines is 1. The molecule has 1 aromatic carbocycles. The van der Waals surface area contributed by atoms with Gasteiger partial charge in [0.25, 0.3) is 0 Å². The second-order valence-electron chi connectivity index (χ2n) is 7.97. The normalized spacial score (nSPS) is 17.2. The van der Waals surface area contributed by atoms with Crippen LogP contribution in [0.5, 0.6) is 0 Å². The number of amides is 2. The fraction of sp³-hybridized carbons (Fsp3) is 0.571. The van der Waals surface area contributed by atoms with Crippen molar-refractivity contribution in [2.24, 2.45) is 0 Å². The van der Waals surface area contributed by atoms with Crippen LogP contribution in [0.2, 0.25) is 0 Å². The van der Waals surface area contributed by atoms with Crippen molar-refractivity contribution in [2.75, 3.05) is 4.90 Å². The van der Waals surface area contributed by atoms with Gasteiger partial charge in [0.2, 0.25) is 11.8 Å². The Hall–Kier alpha value is -2.37. The summed E-state index contributed by atoms with van der Waals surface area (Å²) in [6, 6.07) is 6.13. The number of hydrogen-bond acceptors (Lipinski definition) is 4. The molecule has 1 aromatic rings. The molecule has 148 valence electrons. The summed E-state index contributed by atoms with van der Waals surface area (Å²) in [5.41, 5.74) is 1.09. The van der Waals surface area contributed by atoms with Crippen molar-refractivity contribution in [3.05, 3.63) is 29.8 Å². The van der Waals surface area contributed by atoms with Gasteiger partial charge in [0.1, 0.15) is 17.7 Å². The van der Waals surface area contributed by atoms with Gasteiger partial charge < -0.3 is 10.1 Å². The smallest absolute Gasteiger partial charge is 0.329 e. The van der Waals surface area contributed by atoms with E-state index in [0.717, 1.165) is 24.1 Å². The van der Waals surface area contributed by atoms with E-state index in [1.54, 1.807) is 20.8 Å². The lowest BCUT2D eigenvalue weighted by molar-refractivity contribution is -0.159. The number of carbonyl (C=O) groups excluding carboxylic acids is 3. The van der Waals surface area contributed by atoms with Gasteiger partial charge in [-0.15, -0.1) is 0 Å². The second-order valence-corrected chi connectivity index (χ2v) is 7.97. The number of para-hydroxylation sites is 1. The van der Waals surface area contributed by atoms with Gasteiger partial charge in [0, 0.05) is 19.0 Å². The molecule has 1 heterocycles. The molecule has 0 saturated heterocycles. The molecule has 2 atom stereocenters. The fourth-order valence-corrected chi connectivity index (χ4v) is 3.28. The van der Waals surface area contributed by atoms with E-state index in [4.69, 9.17) is 4.74 Å². The van der Waals surface area contributed by atoms with Gasteiger partial charge in [-0.1, -0.05) is 38.0 Å². The summed E-state index contributed by atoms with van der Waals surface area (Å²) in [6.45, 7) is 8.88. The second kappa shape index (κ2) is 8.55. The number of esters is 1. The van der Waals surface area contributed by atoms with Crippen molar-refractivity contribution in [1.82, 2.24) is 5.32 Å². The number of unbranched alkanes of at least 4 members (excludes halogenated alkanes) is 1. The molecule has 0 aliphatic carbocycles. The molecule has 2 amide bonds. The fourth-order valence-electron chi connectivity index (χ4n) is 3.28. The number of rotatable bonds is 6. The van der Waals surface area contributed by atoms with Crippen molar-refractivity contribution in [3.8, 4) is 0 Å². The first-order valence-electron chi connectivity index (χ1n) is 9.55. The Morgan fingerprint density at radius 1 is 1.26 bits per heavy atom. The zero-order valence-corrected chi connectivity index (χ0v) is 16.9. The average molecular weight is 374 g/mol. The molecule has 6 nitrogen and oxygen atoms in total. The zero-order chi connectivity index (χ0) is 20.2. The first-order valence-corrected chi connectivity index (χ1v) is 9.55. The van der Waals surface area contributed by atoms with Crippen LogP contribution in [-0.4, -0.2) is 35.5 Å². The van der Waals surface area contributed by atoms with E-state index >= 15 is 0 Å². The van der Waals surface area contributed by atoms with Gasteiger partial charge in [0.15, 0.2) is 0 Å². The van der Waals surface area contributed by atoms with Crippen LogP contribution < -0.4 is 10.2 Å². The predicted molar refractivity (Wildman–Crippen MR) is 104 cm³/mol. The van der Waals surface area contributed by atoms with Gasteiger partial charge in [0.05, 0.1) is 0 Å². The number of carbonyl (C=O) groups is 3. The van der Waals surface area contributed by atoms with E-state index in [2.05, 4.69) is 5.32 Å². The summed E-state index contributed by atoms with van der Waals surface area (Å²) in [7, 11) is 0. The summed E-state index contributed by atoms with van der Waals surface area (Å²) in [5, 5.41) is 2.83. The van der Waals surface area contributed by atoms with Crippen molar-refractivity contribution in [1.29, 1.82) is 0 Å². The third-order valence-electron chi connectivity index (χ3n) is 4.47. The molecule has 0 fully saturated rings. The van der Waals surface area contributed by atoms with E-state index in [9.17, 15) is 14.4 Å². The van der Waals surface area contributed by atoms with Crippen LogP contribution in [0.25, 0.3) is 0 Å². The molecule has 27 heavy (non-hydrogen) atoms. The molecule has 2 rings (SSSR count). The summed E-state index contributed by atoms with van der Waals surface area (Å²) in [5.74, 6) is -0.954. The molecule has 0 spiro atoms. The summed E-state index contributed by atoms with van der Waals surface area (Å²) >= 11 is 0. The number of nitrogens with one attached hydrogen (secondary N) is 1. The molecule has 0 unspecified atom stereocenters. The molecule has 0 aromatic heterocycles. The molecule has 0 radical (unpaired) electrons. The topological polar surface area (TPSA) is 75.7 Å². The molecule has 1 aliphatic heterocycles. The molecule has 0 bridgehead atoms. The van der Waals surface area contributed by atoms with Crippen LogP contribution in [-0.2, 0) is 25.5 Å². The summed E-state index contributed by atoms with van der Waals surface area (Å²) in [6.07, 6.45) is 2.66. The SMILES string of the molecule is CCCC[C@H](NC(=O)[C@@H]1Cc2ccccc2N1C(C)=O)C(=O)OC(C)(C)C. The van der Waals surface area contributed by atoms with E-state index in [-0.39, 0.29) is 11.8 Å². The van der Waals surface area contributed by atoms with Gasteiger partial charge in [-0.25, -0.2) is 4.79 Å². The van der Waals surface area contributed by atoms with Gasteiger partial charge >= 0.3 is 5.97 Å². The van der Waals surface area contributed by atoms with Crippen molar-refractivity contribution in [2.45, 2.75) is 78.0 Å². The van der Waals surface area contributed by atoms with Crippen LogP contribution in [0.3, 0.4) is 0 Å². The third-order valence-corrected chi connectivity index (χ3v) is 4.47. The Balaban J connectivity index is 2.16. The third kappa shape index (κ3) is 5.31. The quantitative estimate of drug-likeness (QED) is 0.777. The number of ether oxygens (including phenoxy) is 1.